The number of hydrogen-bond acceptors (Lipinski definition) is 5. The first-order valence-corrected chi connectivity index (χ1v) is 12.3. The number of carbonyl (C=O) groups is 1. The topological polar surface area (TPSA) is 60.9 Å². The largest absolute Gasteiger partial charge is 0.338 e. The van der Waals surface area contributed by atoms with Crippen LogP contribution in [0.3, 0.4) is 0 Å². The van der Waals surface area contributed by atoms with E-state index in [2.05, 4.69) is 0 Å². The minimum absolute atomic E-state index is 0.0395. The number of halogens is 1. The fourth-order valence-electron chi connectivity index (χ4n) is 3.65. The molecule has 0 N–H and O–H groups in total. The standard InChI is InChI=1S/C21H28FN3O3S2/c1-4-24(14-18-6-5-7-19(22)13-18)21(26)15-23-8-10-25(11-9-23)30(27,28)20-12-16(2)29-17(20)3/h5-7,12-13H,4,8-11,14-15H2,1-3H3. The Morgan fingerprint density at radius 2 is 1.87 bits per heavy atom. The van der Waals surface area contributed by atoms with E-state index in [1.54, 1.807) is 23.1 Å². The first-order valence-electron chi connectivity index (χ1n) is 10.0. The second kappa shape index (κ2) is 9.55. The first kappa shape index (κ1) is 22.9. The lowest BCUT2D eigenvalue weighted by Crippen LogP contribution is -2.51. The summed E-state index contributed by atoms with van der Waals surface area (Å²) >= 11 is 1.49. The molecule has 9 heteroatoms. The number of rotatable bonds is 7. The molecule has 0 atom stereocenters. The van der Waals surface area contributed by atoms with Gasteiger partial charge < -0.3 is 4.90 Å². The number of hydrogen-bond donors (Lipinski definition) is 0. The minimum atomic E-state index is -3.50. The maximum absolute atomic E-state index is 13.4. The molecule has 1 amide bonds. The molecule has 3 rings (SSSR count). The smallest absolute Gasteiger partial charge is 0.244 e. The van der Waals surface area contributed by atoms with Crippen LogP contribution in [0.1, 0.15) is 22.2 Å². The van der Waals surface area contributed by atoms with Crippen LogP contribution in [0.4, 0.5) is 4.39 Å². The van der Waals surface area contributed by atoms with Gasteiger partial charge in [0.1, 0.15) is 5.82 Å². The SMILES string of the molecule is CCN(Cc1cccc(F)c1)C(=O)CN1CCN(S(=O)(=O)c2cc(C)sc2C)CC1. The van der Waals surface area contributed by atoms with E-state index in [-0.39, 0.29) is 18.3 Å². The molecule has 0 saturated carbocycles. The molecular formula is C21H28FN3O3S2. The van der Waals surface area contributed by atoms with Gasteiger partial charge in [-0.3, -0.25) is 9.69 Å². The summed E-state index contributed by atoms with van der Waals surface area (Å²) < 4.78 is 40.8. The van der Waals surface area contributed by atoms with Gasteiger partial charge in [0.05, 0.1) is 11.4 Å². The van der Waals surface area contributed by atoms with Gasteiger partial charge in [-0.15, -0.1) is 11.3 Å². The zero-order valence-electron chi connectivity index (χ0n) is 17.6. The molecule has 0 spiro atoms. The van der Waals surface area contributed by atoms with Crippen LogP contribution >= 0.6 is 11.3 Å². The number of benzene rings is 1. The lowest BCUT2D eigenvalue weighted by atomic mass is 10.2. The zero-order valence-corrected chi connectivity index (χ0v) is 19.2. The number of thiophene rings is 1. The number of carbonyl (C=O) groups excluding carboxylic acids is 1. The van der Waals surface area contributed by atoms with Crippen LogP contribution in [0.5, 0.6) is 0 Å². The fourth-order valence-corrected chi connectivity index (χ4v) is 6.60. The van der Waals surface area contributed by atoms with Crippen molar-refractivity contribution in [3.63, 3.8) is 0 Å². The van der Waals surface area contributed by atoms with Crippen LogP contribution in [0.2, 0.25) is 0 Å². The zero-order chi connectivity index (χ0) is 21.9. The van der Waals surface area contributed by atoms with E-state index >= 15 is 0 Å². The number of amides is 1. The first-order chi connectivity index (χ1) is 14.2. The van der Waals surface area contributed by atoms with Crippen LogP contribution in [-0.4, -0.2) is 67.7 Å². The Kier molecular flexibility index (Phi) is 7.28. The molecule has 1 aromatic carbocycles. The molecule has 1 aliphatic rings. The Bertz CT molecular complexity index is 999. The summed E-state index contributed by atoms with van der Waals surface area (Å²) in [5.41, 5.74) is 0.752. The molecule has 164 valence electrons. The molecule has 6 nitrogen and oxygen atoms in total. The Balaban J connectivity index is 1.57. The maximum Gasteiger partial charge on any atom is 0.244 e. The van der Waals surface area contributed by atoms with Crippen LogP contribution in [0, 0.1) is 19.7 Å². The van der Waals surface area contributed by atoms with E-state index in [4.69, 9.17) is 0 Å². The summed E-state index contributed by atoms with van der Waals surface area (Å²) in [6, 6.07) is 7.99. The van der Waals surface area contributed by atoms with E-state index in [1.165, 1.54) is 27.8 Å². The third-order valence-electron chi connectivity index (χ3n) is 5.30. The molecule has 30 heavy (non-hydrogen) atoms. The van der Waals surface area contributed by atoms with Crippen LogP contribution in [0.15, 0.2) is 35.2 Å². The third kappa shape index (κ3) is 5.26. The molecule has 1 saturated heterocycles. The van der Waals surface area contributed by atoms with Crippen molar-refractivity contribution in [2.75, 3.05) is 39.3 Å². The second-order valence-corrected chi connectivity index (χ2v) is 10.9. The average Bonchev–Trinajstić information content (AvgIpc) is 3.05. The van der Waals surface area contributed by atoms with Crippen molar-refractivity contribution >= 4 is 27.3 Å². The van der Waals surface area contributed by atoms with Gasteiger partial charge in [-0.2, -0.15) is 4.31 Å². The number of aryl methyl sites for hydroxylation is 2. The lowest BCUT2D eigenvalue weighted by Gasteiger charge is -2.34. The molecule has 0 radical (unpaired) electrons. The van der Waals surface area contributed by atoms with Gasteiger partial charge in [-0.25, -0.2) is 12.8 Å². The van der Waals surface area contributed by atoms with Gasteiger partial charge in [0.25, 0.3) is 0 Å². The maximum atomic E-state index is 13.4. The monoisotopic (exact) mass is 453 g/mol. The van der Waals surface area contributed by atoms with E-state index in [9.17, 15) is 17.6 Å². The quantitative estimate of drug-likeness (QED) is 0.647. The summed E-state index contributed by atoms with van der Waals surface area (Å²) in [5, 5.41) is 0. The van der Waals surface area contributed by atoms with Gasteiger partial charge in [-0.05, 0) is 44.5 Å². The normalized spacial score (nSPS) is 16.0. The van der Waals surface area contributed by atoms with Crippen molar-refractivity contribution in [1.29, 1.82) is 0 Å². The Hall–Kier alpha value is -1.81. The molecule has 0 aliphatic carbocycles. The Morgan fingerprint density at radius 1 is 1.17 bits per heavy atom. The fraction of sp³-hybridized carbons (Fsp3) is 0.476. The number of sulfonamides is 1. The summed E-state index contributed by atoms with van der Waals surface area (Å²) in [5.74, 6) is -0.355. The molecule has 1 aromatic heterocycles. The third-order valence-corrected chi connectivity index (χ3v) is 8.42. The number of piperazine rings is 1. The molecule has 1 aliphatic heterocycles. The van der Waals surface area contributed by atoms with E-state index in [0.717, 1.165) is 15.3 Å². The van der Waals surface area contributed by atoms with Gasteiger partial charge in [0.15, 0.2) is 0 Å². The highest BCUT2D eigenvalue weighted by Crippen LogP contribution is 2.28. The van der Waals surface area contributed by atoms with Crippen molar-refractivity contribution in [3.05, 3.63) is 51.5 Å². The van der Waals surface area contributed by atoms with Crippen molar-refractivity contribution in [3.8, 4) is 0 Å². The molecule has 0 bridgehead atoms. The minimum Gasteiger partial charge on any atom is -0.338 e. The van der Waals surface area contributed by atoms with Crippen molar-refractivity contribution < 1.29 is 17.6 Å². The highest BCUT2D eigenvalue weighted by molar-refractivity contribution is 7.89. The van der Waals surface area contributed by atoms with Gasteiger partial charge in [-0.1, -0.05) is 12.1 Å². The average molecular weight is 454 g/mol. The molecule has 1 fully saturated rings. The van der Waals surface area contributed by atoms with Crippen molar-refractivity contribution in [2.45, 2.75) is 32.2 Å². The summed E-state index contributed by atoms with van der Waals surface area (Å²) in [6.45, 7) is 8.48. The summed E-state index contributed by atoms with van der Waals surface area (Å²) in [4.78, 5) is 18.6. The van der Waals surface area contributed by atoms with E-state index in [0.29, 0.717) is 44.2 Å². The lowest BCUT2D eigenvalue weighted by molar-refractivity contribution is -0.133. The van der Waals surface area contributed by atoms with Crippen LogP contribution in [0.25, 0.3) is 0 Å². The molecule has 2 heterocycles. The van der Waals surface area contributed by atoms with Crippen molar-refractivity contribution in [2.24, 2.45) is 0 Å². The Morgan fingerprint density at radius 3 is 2.43 bits per heavy atom. The predicted molar refractivity (Wildman–Crippen MR) is 116 cm³/mol. The predicted octanol–water partition coefficient (Wildman–Crippen LogP) is 2.86. The highest BCUT2D eigenvalue weighted by Gasteiger charge is 2.31. The molecular weight excluding hydrogens is 425 g/mol. The molecule has 0 unspecified atom stereocenters. The summed E-state index contributed by atoms with van der Waals surface area (Å²) in [6.07, 6.45) is 0. The van der Waals surface area contributed by atoms with E-state index in [1.807, 2.05) is 25.7 Å². The van der Waals surface area contributed by atoms with Gasteiger partial charge >= 0.3 is 0 Å². The highest BCUT2D eigenvalue weighted by atomic mass is 32.2. The van der Waals surface area contributed by atoms with Gasteiger partial charge in [0.2, 0.25) is 15.9 Å². The molecule has 2 aromatic rings. The van der Waals surface area contributed by atoms with Gasteiger partial charge in [0, 0.05) is 49.0 Å². The van der Waals surface area contributed by atoms with Crippen LogP contribution < -0.4 is 0 Å². The Labute approximate surface area is 182 Å². The van der Waals surface area contributed by atoms with Crippen LogP contribution in [-0.2, 0) is 21.4 Å². The second-order valence-electron chi connectivity index (χ2n) is 7.50. The number of likely N-dealkylation sites (N-methyl/N-ethyl adjacent to an activating group) is 1. The summed E-state index contributed by atoms with van der Waals surface area (Å²) in [7, 11) is -3.50. The van der Waals surface area contributed by atoms with Crippen molar-refractivity contribution in [1.82, 2.24) is 14.1 Å². The van der Waals surface area contributed by atoms with E-state index < -0.39 is 10.0 Å². The number of nitrogens with zero attached hydrogens (tertiary/aromatic N) is 3.